The van der Waals surface area contributed by atoms with Gasteiger partial charge in [-0.3, -0.25) is 4.79 Å². The molecule has 0 radical (unpaired) electrons. The van der Waals surface area contributed by atoms with Crippen molar-refractivity contribution in [3.05, 3.63) is 64.7 Å². The standard InChI is InChI=1S/C19H18ClF3O3/c20-16-5-1-14(2-6-16)10-17(25)11-15(12-24)9-13-3-7-18(8-4-13)26-19(21,22)23/h1-8,15,24H,9-12H2. The van der Waals surface area contributed by atoms with E-state index in [-0.39, 0.29) is 36.9 Å². The van der Waals surface area contributed by atoms with Gasteiger partial charge in [-0.15, -0.1) is 13.2 Å². The summed E-state index contributed by atoms with van der Waals surface area (Å²) in [6.07, 6.45) is -3.93. The lowest BCUT2D eigenvalue weighted by Crippen LogP contribution is -2.17. The highest BCUT2D eigenvalue weighted by Gasteiger charge is 2.31. The molecular formula is C19H18ClF3O3. The number of hydrogen-bond acceptors (Lipinski definition) is 3. The van der Waals surface area contributed by atoms with Crippen LogP contribution < -0.4 is 4.74 Å². The van der Waals surface area contributed by atoms with Gasteiger partial charge in [-0.2, -0.15) is 0 Å². The number of ether oxygens (including phenoxy) is 1. The Morgan fingerprint density at radius 1 is 1.04 bits per heavy atom. The molecule has 0 saturated heterocycles. The van der Waals surface area contributed by atoms with E-state index in [0.29, 0.717) is 11.4 Å². The van der Waals surface area contributed by atoms with Gasteiger partial charge in [-0.1, -0.05) is 35.9 Å². The molecule has 0 heterocycles. The Labute approximate surface area is 154 Å². The Bertz CT molecular complexity index is 712. The Morgan fingerprint density at radius 3 is 2.15 bits per heavy atom. The van der Waals surface area contributed by atoms with Crippen LogP contribution in [0.15, 0.2) is 48.5 Å². The van der Waals surface area contributed by atoms with E-state index in [4.69, 9.17) is 11.6 Å². The number of benzene rings is 2. The number of Topliss-reactive ketones (excluding diaryl/α,β-unsaturated/α-hetero) is 1. The zero-order chi connectivity index (χ0) is 19.2. The Kier molecular flexibility index (Phi) is 7.06. The fraction of sp³-hybridized carbons (Fsp3) is 0.316. The maximum absolute atomic E-state index is 12.2. The molecule has 0 aliphatic rings. The fourth-order valence-corrected chi connectivity index (χ4v) is 2.71. The summed E-state index contributed by atoms with van der Waals surface area (Å²) in [7, 11) is 0. The molecule has 140 valence electrons. The Hall–Kier alpha value is -2.05. The van der Waals surface area contributed by atoms with Crippen molar-refractivity contribution in [3.63, 3.8) is 0 Å². The minimum absolute atomic E-state index is 0.0246. The van der Waals surface area contributed by atoms with E-state index in [0.717, 1.165) is 11.1 Å². The molecule has 0 aliphatic heterocycles. The molecule has 0 bridgehead atoms. The van der Waals surface area contributed by atoms with E-state index in [9.17, 15) is 23.1 Å². The van der Waals surface area contributed by atoms with Crippen LogP contribution in [0, 0.1) is 5.92 Å². The molecule has 2 aromatic carbocycles. The van der Waals surface area contributed by atoms with Gasteiger partial charge < -0.3 is 9.84 Å². The van der Waals surface area contributed by atoms with Gasteiger partial charge in [0.1, 0.15) is 11.5 Å². The normalized spacial score (nSPS) is 12.7. The molecule has 0 spiro atoms. The van der Waals surface area contributed by atoms with Gasteiger partial charge in [0.15, 0.2) is 0 Å². The first-order valence-electron chi connectivity index (χ1n) is 7.97. The smallest absolute Gasteiger partial charge is 0.406 e. The van der Waals surface area contributed by atoms with Crippen molar-refractivity contribution in [2.45, 2.75) is 25.6 Å². The van der Waals surface area contributed by atoms with Gasteiger partial charge in [0, 0.05) is 24.5 Å². The topological polar surface area (TPSA) is 46.5 Å². The molecule has 7 heteroatoms. The zero-order valence-corrected chi connectivity index (χ0v) is 14.6. The van der Waals surface area contributed by atoms with Crippen LogP contribution >= 0.6 is 11.6 Å². The van der Waals surface area contributed by atoms with Gasteiger partial charge in [-0.05, 0) is 47.7 Å². The monoisotopic (exact) mass is 386 g/mol. The van der Waals surface area contributed by atoms with E-state index in [1.54, 1.807) is 24.3 Å². The molecule has 0 saturated carbocycles. The highest BCUT2D eigenvalue weighted by molar-refractivity contribution is 6.30. The molecule has 1 unspecified atom stereocenters. The fourth-order valence-electron chi connectivity index (χ4n) is 2.59. The second-order valence-electron chi connectivity index (χ2n) is 5.99. The number of carbonyl (C=O) groups is 1. The number of ketones is 1. The van der Waals surface area contributed by atoms with Crippen LogP contribution in [0.3, 0.4) is 0 Å². The third-order valence-electron chi connectivity index (χ3n) is 3.77. The van der Waals surface area contributed by atoms with E-state index in [1.165, 1.54) is 24.3 Å². The molecule has 0 amide bonds. The summed E-state index contributed by atoms with van der Waals surface area (Å²) in [4.78, 5) is 12.2. The number of rotatable bonds is 8. The quantitative estimate of drug-likeness (QED) is 0.721. The summed E-state index contributed by atoms with van der Waals surface area (Å²) in [6.45, 7) is -0.187. The first-order valence-corrected chi connectivity index (χ1v) is 8.34. The summed E-state index contributed by atoms with van der Waals surface area (Å²) >= 11 is 5.80. The molecular weight excluding hydrogens is 369 g/mol. The van der Waals surface area contributed by atoms with Crippen LogP contribution in [0.4, 0.5) is 13.2 Å². The summed E-state index contributed by atoms with van der Waals surface area (Å²) in [5.74, 6) is -0.631. The third-order valence-corrected chi connectivity index (χ3v) is 4.02. The number of alkyl halides is 3. The van der Waals surface area contributed by atoms with Gasteiger partial charge in [0.25, 0.3) is 0 Å². The van der Waals surface area contributed by atoms with Gasteiger partial charge in [-0.25, -0.2) is 0 Å². The molecule has 2 rings (SSSR count). The van der Waals surface area contributed by atoms with E-state index < -0.39 is 6.36 Å². The largest absolute Gasteiger partial charge is 0.573 e. The lowest BCUT2D eigenvalue weighted by molar-refractivity contribution is -0.274. The summed E-state index contributed by atoms with van der Waals surface area (Å²) in [6, 6.07) is 12.4. The number of aliphatic hydroxyl groups excluding tert-OH is 1. The van der Waals surface area contributed by atoms with Gasteiger partial charge in [0.05, 0.1) is 0 Å². The minimum Gasteiger partial charge on any atom is -0.406 e. The maximum Gasteiger partial charge on any atom is 0.573 e. The van der Waals surface area contributed by atoms with Crippen molar-refractivity contribution < 1.29 is 27.8 Å². The van der Waals surface area contributed by atoms with Gasteiger partial charge in [0.2, 0.25) is 0 Å². The SMILES string of the molecule is O=C(Cc1ccc(Cl)cc1)CC(CO)Cc1ccc(OC(F)(F)F)cc1. The second kappa shape index (κ2) is 9.05. The number of halogens is 4. The minimum atomic E-state index is -4.73. The van der Waals surface area contributed by atoms with E-state index in [1.807, 2.05) is 0 Å². The lowest BCUT2D eigenvalue weighted by atomic mass is 9.93. The van der Waals surface area contributed by atoms with Crippen LogP contribution in [-0.2, 0) is 17.6 Å². The van der Waals surface area contributed by atoms with Crippen molar-refractivity contribution >= 4 is 17.4 Å². The first kappa shape index (κ1) is 20.3. The predicted octanol–water partition coefficient (Wildman–Crippen LogP) is 4.59. The summed E-state index contributed by atoms with van der Waals surface area (Å²) < 4.78 is 40.3. The highest BCUT2D eigenvalue weighted by atomic mass is 35.5. The zero-order valence-electron chi connectivity index (χ0n) is 13.8. The van der Waals surface area contributed by atoms with Crippen LogP contribution in [0.1, 0.15) is 17.5 Å². The maximum atomic E-state index is 12.2. The van der Waals surface area contributed by atoms with Crippen LogP contribution in [0.5, 0.6) is 5.75 Å². The second-order valence-corrected chi connectivity index (χ2v) is 6.43. The number of hydrogen-bond donors (Lipinski definition) is 1. The van der Waals surface area contributed by atoms with Crippen molar-refractivity contribution in [1.29, 1.82) is 0 Å². The van der Waals surface area contributed by atoms with Crippen molar-refractivity contribution in [2.24, 2.45) is 5.92 Å². The summed E-state index contributed by atoms with van der Waals surface area (Å²) in [5.41, 5.74) is 1.56. The van der Waals surface area contributed by atoms with Crippen LogP contribution in [0.2, 0.25) is 5.02 Å². The van der Waals surface area contributed by atoms with Crippen LogP contribution in [0.25, 0.3) is 0 Å². The predicted molar refractivity (Wildman–Crippen MR) is 92.2 cm³/mol. The Morgan fingerprint density at radius 2 is 1.62 bits per heavy atom. The lowest BCUT2D eigenvalue weighted by Gasteiger charge is -2.14. The molecule has 0 aromatic heterocycles. The highest BCUT2D eigenvalue weighted by Crippen LogP contribution is 2.24. The molecule has 0 fully saturated rings. The molecule has 2 aromatic rings. The third kappa shape index (κ3) is 7.06. The van der Waals surface area contributed by atoms with Crippen molar-refractivity contribution in [2.75, 3.05) is 6.61 Å². The van der Waals surface area contributed by atoms with E-state index in [2.05, 4.69) is 4.74 Å². The van der Waals surface area contributed by atoms with Crippen LogP contribution in [-0.4, -0.2) is 23.9 Å². The number of carbonyl (C=O) groups excluding carboxylic acids is 1. The molecule has 1 atom stereocenters. The van der Waals surface area contributed by atoms with Gasteiger partial charge >= 0.3 is 6.36 Å². The molecule has 0 aliphatic carbocycles. The average Bonchev–Trinajstić information content (AvgIpc) is 2.56. The van der Waals surface area contributed by atoms with E-state index >= 15 is 0 Å². The van der Waals surface area contributed by atoms with Crippen molar-refractivity contribution in [3.8, 4) is 5.75 Å². The molecule has 3 nitrogen and oxygen atoms in total. The first-order chi connectivity index (χ1) is 12.2. The molecule has 1 N–H and O–H groups in total. The average molecular weight is 387 g/mol. The summed E-state index contributed by atoms with van der Waals surface area (Å²) in [5, 5.41) is 10.1. The molecule has 26 heavy (non-hydrogen) atoms. The Balaban J connectivity index is 1.90. The van der Waals surface area contributed by atoms with Crippen molar-refractivity contribution in [1.82, 2.24) is 0 Å². The number of aliphatic hydroxyl groups is 1.